The molecule has 0 spiro atoms. The van der Waals surface area contributed by atoms with Crippen molar-refractivity contribution >= 4 is 18.0 Å². The molecule has 2 N–H and O–H groups in total. The molecule has 6 heteroatoms. The van der Waals surface area contributed by atoms with Gasteiger partial charge in [0.2, 0.25) is 6.21 Å². The first kappa shape index (κ1) is 20.2. The van der Waals surface area contributed by atoms with Gasteiger partial charge in [0.25, 0.3) is 5.70 Å². The van der Waals surface area contributed by atoms with Gasteiger partial charge in [0, 0.05) is 24.4 Å². The zero-order chi connectivity index (χ0) is 16.7. The van der Waals surface area contributed by atoms with E-state index in [4.69, 9.17) is 4.74 Å². The third kappa shape index (κ3) is 7.63. The second kappa shape index (κ2) is 9.46. The predicted molar refractivity (Wildman–Crippen MR) is 93.4 cm³/mol. The molecular formula is C18H23IN3O2. The maximum Gasteiger partial charge on any atom is 0.407 e. The number of aliphatic imine (C=N–C) groups is 1. The molecule has 1 heterocycles. The van der Waals surface area contributed by atoms with Gasteiger partial charge < -0.3 is 39.3 Å². The highest BCUT2D eigenvalue weighted by atomic mass is 127. The number of halogens is 1. The van der Waals surface area contributed by atoms with Crippen LogP contribution in [0.2, 0.25) is 0 Å². The quantitative estimate of drug-likeness (QED) is 0.634. The van der Waals surface area contributed by atoms with Crippen molar-refractivity contribution in [1.29, 1.82) is 0 Å². The number of anilines is 1. The Morgan fingerprint density at radius 1 is 1.12 bits per heavy atom. The fourth-order valence-corrected chi connectivity index (χ4v) is 1.92. The number of amides is 1. The Bertz CT molecular complexity index is 629. The Hall–Kier alpha value is -1.83. The van der Waals surface area contributed by atoms with E-state index in [2.05, 4.69) is 15.6 Å². The highest BCUT2D eigenvalue weighted by Crippen LogP contribution is 2.11. The van der Waals surface area contributed by atoms with Crippen LogP contribution < -0.4 is 39.6 Å². The van der Waals surface area contributed by atoms with Crippen LogP contribution in [0.3, 0.4) is 0 Å². The Kier molecular flexibility index (Phi) is 7.97. The van der Waals surface area contributed by atoms with Gasteiger partial charge in [-0.15, -0.1) is 0 Å². The summed E-state index contributed by atoms with van der Waals surface area (Å²) in [5.41, 5.74) is 2.53. The second-order valence-electron chi connectivity index (χ2n) is 6.23. The molecule has 24 heavy (non-hydrogen) atoms. The molecular weight excluding hydrogens is 417 g/mol. The molecule has 0 saturated carbocycles. The lowest BCUT2D eigenvalue weighted by molar-refractivity contribution is -0.0000266. The molecule has 1 aromatic rings. The molecule has 0 saturated heterocycles. The summed E-state index contributed by atoms with van der Waals surface area (Å²) in [6, 6.07) is 7.90. The van der Waals surface area contributed by atoms with Gasteiger partial charge in [-0.1, -0.05) is 12.1 Å². The van der Waals surface area contributed by atoms with Crippen LogP contribution in [0.25, 0.3) is 0 Å². The number of carbonyl (C=O) groups excluding carboxylic acids is 1. The SMILES string of the molecule is CC(C)(C)OC(=O)NCc1ccc(NCC2=CC=CC=[N+]2)cc1.[I-]. The molecule has 0 aromatic heterocycles. The van der Waals surface area contributed by atoms with E-state index in [1.165, 1.54) is 0 Å². The molecule has 0 fully saturated rings. The Morgan fingerprint density at radius 3 is 2.42 bits per heavy atom. The van der Waals surface area contributed by atoms with E-state index in [1.807, 2.05) is 63.3 Å². The van der Waals surface area contributed by atoms with Crippen molar-refractivity contribution in [3.05, 3.63) is 53.8 Å². The van der Waals surface area contributed by atoms with Gasteiger partial charge >= 0.3 is 6.09 Å². The molecule has 1 radical (unpaired) electrons. The third-order valence-corrected chi connectivity index (χ3v) is 2.99. The first-order chi connectivity index (χ1) is 10.9. The molecule has 1 aliphatic rings. The first-order valence-corrected chi connectivity index (χ1v) is 7.62. The molecule has 5 nitrogen and oxygen atoms in total. The number of rotatable bonds is 5. The number of nitrogens with zero attached hydrogens (tertiary/aromatic N) is 1. The molecule has 1 aromatic carbocycles. The summed E-state index contributed by atoms with van der Waals surface area (Å²) >= 11 is 0. The summed E-state index contributed by atoms with van der Waals surface area (Å²) in [5, 5.41) is 6.05. The maximum absolute atomic E-state index is 11.6. The molecule has 0 unspecified atom stereocenters. The number of benzene rings is 1. The standard InChI is InChI=1S/C18H23N3O2.HI/c1-18(2,3)23-17(22)21-12-14-7-9-15(10-8-14)20-13-16-6-4-5-11-19-16;/h4-11,20H,12-13H2,1-3H3,(H,21,22);1H/q+1;/p-1. The molecule has 0 atom stereocenters. The van der Waals surface area contributed by atoms with Gasteiger partial charge in [-0.2, -0.15) is 0 Å². The van der Waals surface area contributed by atoms with Crippen LogP contribution in [0.15, 0.2) is 48.2 Å². The van der Waals surface area contributed by atoms with Crippen molar-refractivity contribution in [2.24, 2.45) is 0 Å². The largest absolute Gasteiger partial charge is 1.00 e. The summed E-state index contributed by atoms with van der Waals surface area (Å²) in [7, 11) is 0. The third-order valence-electron chi connectivity index (χ3n) is 2.99. The van der Waals surface area contributed by atoms with Gasteiger partial charge in [-0.05, 0) is 44.5 Å². The fraction of sp³-hybridized carbons (Fsp3) is 0.333. The Labute approximate surface area is 160 Å². The molecule has 2 rings (SSSR count). The number of allylic oxidation sites excluding steroid dienone is 3. The smallest absolute Gasteiger partial charge is 0.407 e. The molecule has 1 amide bonds. The van der Waals surface area contributed by atoms with Gasteiger partial charge in [-0.3, -0.25) is 0 Å². The number of hydrogen-bond donors (Lipinski definition) is 2. The first-order valence-electron chi connectivity index (χ1n) is 7.62. The second-order valence-corrected chi connectivity index (χ2v) is 6.23. The highest BCUT2D eigenvalue weighted by Gasteiger charge is 2.15. The van der Waals surface area contributed by atoms with E-state index in [0.29, 0.717) is 13.1 Å². The van der Waals surface area contributed by atoms with Gasteiger partial charge in [0.05, 0.1) is 4.99 Å². The van der Waals surface area contributed by atoms with Crippen molar-refractivity contribution in [1.82, 2.24) is 10.3 Å². The van der Waals surface area contributed by atoms with Crippen molar-refractivity contribution in [3.63, 3.8) is 0 Å². The van der Waals surface area contributed by atoms with Gasteiger partial charge in [0.1, 0.15) is 12.1 Å². The molecule has 0 bridgehead atoms. The van der Waals surface area contributed by atoms with E-state index in [1.54, 1.807) is 6.21 Å². The van der Waals surface area contributed by atoms with Crippen LogP contribution in [-0.4, -0.2) is 24.5 Å². The van der Waals surface area contributed by atoms with Crippen LogP contribution >= 0.6 is 0 Å². The summed E-state index contributed by atoms with van der Waals surface area (Å²) in [5.74, 6) is 0. The topological polar surface area (TPSA) is 64.5 Å². The van der Waals surface area contributed by atoms with Crippen LogP contribution in [0, 0.1) is 0 Å². The van der Waals surface area contributed by atoms with Crippen LogP contribution in [-0.2, 0) is 11.3 Å². The lowest BCUT2D eigenvalue weighted by atomic mass is 10.2. The van der Waals surface area contributed by atoms with Crippen molar-refractivity contribution in [2.75, 3.05) is 11.9 Å². The average Bonchev–Trinajstić information content (AvgIpc) is 2.51. The Morgan fingerprint density at radius 2 is 1.83 bits per heavy atom. The van der Waals surface area contributed by atoms with Gasteiger partial charge in [-0.25, -0.2) is 4.79 Å². The van der Waals surface area contributed by atoms with E-state index in [9.17, 15) is 4.79 Å². The minimum atomic E-state index is -0.483. The van der Waals surface area contributed by atoms with Crippen LogP contribution in [0.1, 0.15) is 26.3 Å². The summed E-state index contributed by atoms with van der Waals surface area (Å²) in [6.45, 7) is 6.64. The average molecular weight is 440 g/mol. The summed E-state index contributed by atoms with van der Waals surface area (Å²) in [6.07, 6.45) is 7.22. The van der Waals surface area contributed by atoms with Crippen molar-refractivity contribution in [2.45, 2.75) is 32.9 Å². The summed E-state index contributed by atoms with van der Waals surface area (Å²) < 4.78 is 5.20. The van der Waals surface area contributed by atoms with Crippen molar-refractivity contribution < 1.29 is 33.5 Å². The normalized spacial score (nSPS) is 12.9. The Balaban J connectivity index is 0.00000288. The van der Waals surface area contributed by atoms with Crippen LogP contribution in [0.4, 0.5) is 10.5 Å². The van der Waals surface area contributed by atoms with E-state index >= 15 is 0 Å². The lowest BCUT2D eigenvalue weighted by Gasteiger charge is -2.19. The monoisotopic (exact) mass is 440 g/mol. The number of alkyl carbamates (subject to hydrolysis) is 1. The maximum atomic E-state index is 11.6. The number of carbonyl (C=O) groups is 1. The van der Waals surface area contributed by atoms with Crippen LogP contribution in [0.5, 0.6) is 0 Å². The number of nitrogens with one attached hydrogen (secondary N) is 2. The zero-order valence-corrected chi connectivity index (χ0v) is 16.3. The minimum Gasteiger partial charge on any atom is -1.00 e. The van der Waals surface area contributed by atoms with E-state index in [-0.39, 0.29) is 24.0 Å². The van der Waals surface area contributed by atoms with Crippen molar-refractivity contribution in [3.8, 4) is 0 Å². The van der Waals surface area contributed by atoms with E-state index < -0.39 is 11.7 Å². The number of hydrogen-bond acceptors (Lipinski definition) is 4. The molecule has 1 aliphatic heterocycles. The predicted octanol–water partition coefficient (Wildman–Crippen LogP) is -0.0125. The van der Waals surface area contributed by atoms with Gasteiger partial charge in [0.15, 0.2) is 0 Å². The lowest BCUT2D eigenvalue weighted by Crippen LogP contribution is -3.00. The molecule has 0 aliphatic carbocycles. The summed E-state index contributed by atoms with van der Waals surface area (Å²) in [4.78, 5) is 15.9. The van der Waals surface area contributed by atoms with E-state index in [0.717, 1.165) is 16.9 Å². The minimum absolute atomic E-state index is 0. The highest BCUT2D eigenvalue weighted by molar-refractivity contribution is 5.73. The fourth-order valence-electron chi connectivity index (χ4n) is 1.92. The number of ether oxygens (including phenoxy) is 1. The zero-order valence-electron chi connectivity index (χ0n) is 14.2. The molecule has 129 valence electrons.